The van der Waals surface area contributed by atoms with Crippen LogP contribution >= 0.6 is 0 Å². The molecule has 0 saturated heterocycles. The van der Waals surface area contributed by atoms with E-state index in [0.29, 0.717) is 25.4 Å². The van der Waals surface area contributed by atoms with Crippen LogP contribution in [-0.2, 0) is 6.54 Å². The molecule has 1 heterocycles. The van der Waals surface area contributed by atoms with Crippen molar-refractivity contribution in [3.8, 4) is 17.2 Å². The first-order valence-electron chi connectivity index (χ1n) is 9.18. The highest BCUT2D eigenvalue weighted by atomic mass is 16.6. The van der Waals surface area contributed by atoms with Crippen LogP contribution in [-0.4, -0.2) is 32.4 Å². The molecular formula is C22H22N2O4. The Labute approximate surface area is 163 Å². The molecular weight excluding hydrogens is 356 g/mol. The lowest BCUT2D eigenvalue weighted by atomic mass is 10.1. The first-order valence-corrected chi connectivity index (χ1v) is 9.18. The van der Waals surface area contributed by atoms with E-state index >= 15 is 0 Å². The van der Waals surface area contributed by atoms with Crippen molar-refractivity contribution in [1.82, 2.24) is 10.6 Å². The maximum absolute atomic E-state index is 12.1. The van der Waals surface area contributed by atoms with Gasteiger partial charge in [-0.05, 0) is 46.7 Å². The highest BCUT2D eigenvalue weighted by Crippen LogP contribution is 2.30. The summed E-state index contributed by atoms with van der Waals surface area (Å²) >= 11 is 0. The Hall–Kier alpha value is -3.41. The van der Waals surface area contributed by atoms with Crippen LogP contribution in [0.25, 0.3) is 10.8 Å². The van der Waals surface area contributed by atoms with E-state index in [9.17, 15) is 4.79 Å². The zero-order chi connectivity index (χ0) is 19.3. The minimum Gasteiger partial charge on any atom is -0.497 e. The Kier molecular flexibility index (Phi) is 5.19. The number of amides is 2. The van der Waals surface area contributed by atoms with Gasteiger partial charge in [-0.15, -0.1) is 0 Å². The van der Waals surface area contributed by atoms with Crippen LogP contribution in [0.15, 0.2) is 60.7 Å². The lowest BCUT2D eigenvalue weighted by Gasteiger charge is -2.26. The molecule has 0 radical (unpaired) electrons. The Morgan fingerprint density at radius 3 is 2.68 bits per heavy atom. The first-order chi connectivity index (χ1) is 13.7. The van der Waals surface area contributed by atoms with E-state index in [2.05, 4.69) is 16.7 Å². The summed E-state index contributed by atoms with van der Waals surface area (Å²) in [5, 5.41) is 7.91. The zero-order valence-corrected chi connectivity index (χ0v) is 15.6. The molecule has 0 aromatic heterocycles. The van der Waals surface area contributed by atoms with Gasteiger partial charge in [0.05, 0.1) is 13.7 Å². The van der Waals surface area contributed by atoms with Crippen molar-refractivity contribution < 1.29 is 19.0 Å². The number of carbonyl (C=O) groups excluding carboxylic acids is 1. The second-order valence-corrected chi connectivity index (χ2v) is 6.61. The van der Waals surface area contributed by atoms with Crippen molar-refractivity contribution in [3.05, 3.63) is 66.2 Å². The van der Waals surface area contributed by atoms with E-state index < -0.39 is 0 Å². The number of benzene rings is 3. The number of rotatable bonds is 5. The summed E-state index contributed by atoms with van der Waals surface area (Å²) in [5.74, 6) is 2.26. The molecule has 28 heavy (non-hydrogen) atoms. The number of nitrogens with one attached hydrogen (secondary N) is 2. The average Bonchev–Trinajstić information content (AvgIpc) is 2.75. The minimum atomic E-state index is -0.239. The summed E-state index contributed by atoms with van der Waals surface area (Å²) in [5.41, 5.74) is 1.03. The van der Waals surface area contributed by atoms with Crippen molar-refractivity contribution in [1.29, 1.82) is 0 Å². The van der Waals surface area contributed by atoms with Crippen LogP contribution in [0.1, 0.15) is 5.56 Å². The highest BCUT2D eigenvalue weighted by molar-refractivity contribution is 5.84. The van der Waals surface area contributed by atoms with Crippen LogP contribution in [0.2, 0.25) is 0 Å². The Bertz CT molecular complexity index is 989. The molecule has 0 saturated carbocycles. The summed E-state index contributed by atoms with van der Waals surface area (Å²) < 4.78 is 16.7. The molecule has 3 aromatic carbocycles. The van der Waals surface area contributed by atoms with E-state index in [1.54, 1.807) is 7.11 Å². The third-order valence-corrected chi connectivity index (χ3v) is 4.62. The quantitative estimate of drug-likeness (QED) is 0.713. The van der Waals surface area contributed by atoms with E-state index in [1.165, 1.54) is 0 Å². The van der Waals surface area contributed by atoms with Crippen LogP contribution in [0.5, 0.6) is 17.2 Å². The third-order valence-electron chi connectivity index (χ3n) is 4.62. The van der Waals surface area contributed by atoms with Gasteiger partial charge in [0.25, 0.3) is 0 Å². The molecule has 6 nitrogen and oxygen atoms in total. The summed E-state index contributed by atoms with van der Waals surface area (Å²) in [7, 11) is 1.65. The highest BCUT2D eigenvalue weighted by Gasteiger charge is 2.20. The Morgan fingerprint density at radius 2 is 1.82 bits per heavy atom. The number of fused-ring (bicyclic) bond motifs is 2. The Morgan fingerprint density at radius 1 is 1.04 bits per heavy atom. The van der Waals surface area contributed by atoms with Crippen molar-refractivity contribution in [3.63, 3.8) is 0 Å². The molecule has 1 atom stereocenters. The van der Waals surface area contributed by atoms with Crippen LogP contribution in [0.3, 0.4) is 0 Å². The van der Waals surface area contributed by atoms with E-state index in [1.807, 2.05) is 54.6 Å². The second kappa shape index (κ2) is 8.08. The molecule has 1 aliphatic heterocycles. The molecule has 2 N–H and O–H groups in total. The average molecular weight is 378 g/mol. The lowest BCUT2D eigenvalue weighted by molar-refractivity contribution is 0.0918. The van der Waals surface area contributed by atoms with E-state index in [-0.39, 0.29) is 12.1 Å². The van der Waals surface area contributed by atoms with Crippen molar-refractivity contribution in [2.75, 3.05) is 20.3 Å². The lowest BCUT2D eigenvalue weighted by Crippen LogP contribution is -2.44. The van der Waals surface area contributed by atoms with E-state index in [4.69, 9.17) is 14.2 Å². The van der Waals surface area contributed by atoms with Gasteiger partial charge in [-0.3, -0.25) is 0 Å². The monoisotopic (exact) mass is 378 g/mol. The number of ether oxygens (including phenoxy) is 3. The SMILES string of the molecule is COc1ccc2cc(CNC(=O)NCC3COc4ccccc4O3)ccc2c1. The zero-order valence-electron chi connectivity index (χ0n) is 15.6. The summed E-state index contributed by atoms with van der Waals surface area (Å²) in [6.45, 7) is 1.22. The standard InChI is InChI=1S/C22H22N2O4/c1-26-18-9-8-16-10-15(6-7-17(16)11-18)12-23-22(25)24-13-19-14-27-20-4-2-3-5-21(20)28-19/h2-11,19H,12-14H2,1H3,(H2,23,24,25). The predicted octanol–water partition coefficient (Wildman–Crippen LogP) is 3.49. The van der Waals surface area contributed by atoms with Gasteiger partial charge in [0.2, 0.25) is 0 Å². The van der Waals surface area contributed by atoms with Gasteiger partial charge in [0, 0.05) is 6.54 Å². The molecule has 0 bridgehead atoms. The second-order valence-electron chi connectivity index (χ2n) is 6.61. The number of hydrogen-bond acceptors (Lipinski definition) is 4. The molecule has 0 spiro atoms. The first kappa shape index (κ1) is 18.0. The van der Waals surface area contributed by atoms with Crippen LogP contribution < -0.4 is 24.8 Å². The van der Waals surface area contributed by atoms with Crippen molar-refractivity contribution in [2.24, 2.45) is 0 Å². The van der Waals surface area contributed by atoms with Crippen LogP contribution in [0, 0.1) is 0 Å². The van der Waals surface area contributed by atoms with Gasteiger partial charge in [-0.1, -0.05) is 30.3 Å². The molecule has 1 unspecified atom stereocenters. The van der Waals surface area contributed by atoms with Gasteiger partial charge in [-0.2, -0.15) is 0 Å². The van der Waals surface area contributed by atoms with E-state index in [0.717, 1.165) is 27.8 Å². The van der Waals surface area contributed by atoms with Gasteiger partial charge in [0.1, 0.15) is 12.4 Å². The maximum Gasteiger partial charge on any atom is 0.315 e. The summed E-state index contributed by atoms with van der Waals surface area (Å²) in [4.78, 5) is 12.1. The fraction of sp³-hybridized carbons (Fsp3) is 0.227. The fourth-order valence-electron chi connectivity index (χ4n) is 3.13. The summed E-state index contributed by atoms with van der Waals surface area (Å²) in [6.07, 6.45) is -0.212. The van der Waals surface area contributed by atoms with Crippen LogP contribution in [0.4, 0.5) is 4.79 Å². The third kappa shape index (κ3) is 4.11. The molecule has 6 heteroatoms. The molecule has 0 fully saturated rings. The number of para-hydroxylation sites is 2. The molecule has 1 aliphatic rings. The smallest absolute Gasteiger partial charge is 0.315 e. The molecule has 144 valence electrons. The number of urea groups is 1. The number of hydrogen-bond donors (Lipinski definition) is 2. The molecule has 4 rings (SSSR count). The minimum absolute atomic E-state index is 0.212. The largest absolute Gasteiger partial charge is 0.497 e. The van der Waals surface area contributed by atoms with Gasteiger partial charge < -0.3 is 24.8 Å². The fourth-order valence-corrected chi connectivity index (χ4v) is 3.13. The van der Waals surface area contributed by atoms with Crippen molar-refractivity contribution >= 4 is 16.8 Å². The Balaban J connectivity index is 1.27. The molecule has 3 aromatic rings. The number of carbonyl (C=O) groups is 1. The molecule has 0 aliphatic carbocycles. The van der Waals surface area contributed by atoms with Gasteiger partial charge in [0.15, 0.2) is 17.6 Å². The van der Waals surface area contributed by atoms with Gasteiger partial charge in [-0.25, -0.2) is 4.79 Å². The predicted molar refractivity (Wildman–Crippen MR) is 107 cm³/mol. The normalized spacial score (nSPS) is 15.1. The topological polar surface area (TPSA) is 68.8 Å². The summed E-state index contributed by atoms with van der Waals surface area (Å²) in [6, 6.07) is 19.3. The molecule has 2 amide bonds. The van der Waals surface area contributed by atoms with Crippen molar-refractivity contribution in [2.45, 2.75) is 12.6 Å². The number of methoxy groups -OCH3 is 1. The maximum atomic E-state index is 12.1. The van der Waals surface area contributed by atoms with Gasteiger partial charge >= 0.3 is 6.03 Å².